The van der Waals surface area contributed by atoms with Crippen LogP contribution in [0.15, 0.2) is 96.1 Å². The molecule has 1 heterocycles. The molecule has 0 radical (unpaired) electrons. The minimum absolute atomic E-state index is 0.00196. The number of nitro groups is 1. The van der Waals surface area contributed by atoms with Gasteiger partial charge in [-0.3, -0.25) is 14.9 Å². The van der Waals surface area contributed by atoms with Gasteiger partial charge in [-0.1, -0.05) is 60.7 Å². The second kappa shape index (κ2) is 9.44. The standard InChI is InChI=1S/C25H18N4O3/c30-25(28-26-16-8-12-19-11-4-7-15-24(19)29(31)32)21-17-23(18-9-2-1-3-10-18)27-22-14-6-5-13-20(21)22/h1-17H,(H,28,30)/b12-8+,26-16-. The lowest BCUT2D eigenvalue weighted by atomic mass is 10.0. The monoisotopic (exact) mass is 422 g/mol. The summed E-state index contributed by atoms with van der Waals surface area (Å²) in [7, 11) is 0. The summed E-state index contributed by atoms with van der Waals surface area (Å²) in [5.74, 6) is -0.379. The molecule has 7 heteroatoms. The molecule has 0 aliphatic heterocycles. The molecule has 0 unspecified atom stereocenters. The van der Waals surface area contributed by atoms with E-state index >= 15 is 0 Å². The lowest BCUT2D eigenvalue weighted by molar-refractivity contribution is -0.385. The van der Waals surface area contributed by atoms with Crippen LogP contribution < -0.4 is 5.43 Å². The highest BCUT2D eigenvalue weighted by atomic mass is 16.6. The van der Waals surface area contributed by atoms with E-state index in [0.29, 0.717) is 22.3 Å². The van der Waals surface area contributed by atoms with Crippen molar-refractivity contribution in [3.8, 4) is 11.3 Å². The van der Waals surface area contributed by atoms with Gasteiger partial charge in [0.1, 0.15) is 0 Å². The minimum atomic E-state index is -0.447. The Labute approximate surface area is 183 Å². The van der Waals surface area contributed by atoms with E-state index in [2.05, 4.69) is 15.5 Å². The van der Waals surface area contributed by atoms with Crippen molar-refractivity contribution in [2.45, 2.75) is 0 Å². The van der Waals surface area contributed by atoms with Crippen molar-refractivity contribution in [2.75, 3.05) is 0 Å². The van der Waals surface area contributed by atoms with Crippen molar-refractivity contribution in [3.05, 3.63) is 112 Å². The summed E-state index contributed by atoms with van der Waals surface area (Å²) in [5, 5.41) is 15.7. The first-order chi connectivity index (χ1) is 15.6. The van der Waals surface area contributed by atoms with Crippen LogP contribution in [0.4, 0.5) is 5.69 Å². The van der Waals surface area contributed by atoms with Crippen LogP contribution in [0.2, 0.25) is 0 Å². The molecule has 4 rings (SSSR count). The molecule has 3 aromatic carbocycles. The summed E-state index contributed by atoms with van der Waals surface area (Å²) in [5.41, 5.74) is 5.71. The normalized spacial score (nSPS) is 11.2. The maximum atomic E-state index is 12.9. The van der Waals surface area contributed by atoms with Crippen molar-refractivity contribution in [1.82, 2.24) is 10.4 Å². The number of nitrogens with one attached hydrogen (secondary N) is 1. The van der Waals surface area contributed by atoms with Crippen LogP contribution in [0, 0.1) is 10.1 Å². The summed E-state index contributed by atoms with van der Waals surface area (Å²) in [6.07, 6.45) is 4.46. The minimum Gasteiger partial charge on any atom is -0.267 e. The Hall–Kier alpha value is -4.65. The quantitative estimate of drug-likeness (QED) is 0.261. The summed E-state index contributed by atoms with van der Waals surface area (Å²) >= 11 is 0. The summed E-state index contributed by atoms with van der Waals surface area (Å²) in [6.45, 7) is 0. The first kappa shape index (κ1) is 20.6. The van der Waals surface area contributed by atoms with Gasteiger partial charge in [0.05, 0.1) is 27.3 Å². The number of para-hydroxylation sites is 2. The fourth-order valence-electron chi connectivity index (χ4n) is 3.26. The van der Waals surface area contributed by atoms with E-state index in [-0.39, 0.29) is 11.6 Å². The van der Waals surface area contributed by atoms with Gasteiger partial charge in [-0.25, -0.2) is 10.4 Å². The zero-order valence-electron chi connectivity index (χ0n) is 16.9. The Morgan fingerprint density at radius 3 is 2.50 bits per heavy atom. The highest BCUT2D eigenvalue weighted by molar-refractivity contribution is 6.07. The van der Waals surface area contributed by atoms with E-state index in [1.54, 1.807) is 30.3 Å². The molecule has 0 saturated carbocycles. The Morgan fingerprint density at radius 1 is 0.969 bits per heavy atom. The molecular weight excluding hydrogens is 404 g/mol. The molecule has 156 valence electrons. The predicted molar refractivity (Wildman–Crippen MR) is 125 cm³/mol. The lowest BCUT2D eigenvalue weighted by Crippen LogP contribution is -2.18. The van der Waals surface area contributed by atoms with E-state index in [4.69, 9.17) is 0 Å². The van der Waals surface area contributed by atoms with Gasteiger partial charge in [-0.2, -0.15) is 5.10 Å². The molecule has 1 aromatic heterocycles. The van der Waals surface area contributed by atoms with Gasteiger partial charge in [-0.15, -0.1) is 0 Å². The average Bonchev–Trinajstić information content (AvgIpc) is 2.83. The number of rotatable bonds is 6. The van der Waals surface area contributed by atoms with Crippen molar-refractivity contribution in [2.24, 2.45) is 5.10 Å². The second-order valence-corrected chi connectivity index (χ2v) is 6.83. The maximum Gasteiger partial charge on any atom is 0.276 e. The van der Waals surface area contributed by atoms with Crippen LogP contribution >= 0.6 is 0 Å². The number of allylic oxidation sites excluding steroid dienone is 1. The van der Waals surface area contributed by atoms with Crippen molar-refractivity contribution in [3.63, 3.8) is 0 Å². The van der Waals surface area contributed by atoms with E-state index in [9.17, 15) is 14.9 Å². The van der Waals surface area contributed by atoms with Gasteiger partial charge in [0.2, 0.25) is 0 Å². The third kappa shape index (κ3) is 4.57. The van der Waals surface area contributed by atoms with E-state index in [0.717, 1.165) is 10.9 Å². The van der Waals surface area contributed by atoms with Crippen LogP contribution in [0.1, 0.15) is 15.9 Å². The molecule has 0 bridgehead atoms. The molecular formula is C25H18N4O3. The molecule has 0 saturated heterocycles. The van der Waals surface area contributed by atoms with Gasteiger partial charge in [0, 0.05) is 23.2 Å². The number of pyridine rings is 1. The van der Waals surface area contributed by atoms with Crippen molar-refractivity contribution >= 4 is 34.8 Å². The maximum absolute atomic E-state index is 12.9. The van der Waals surface area contributed by atoms with Crippen LogP contribution in [0.25, 0.3) is 28.2 Å². The first-order valence-electron chi connectivity index (χ1n) is 9.82. The average molecular weight is 422 g/mol. The highest BCUT2D eigenvalue weighted by Crippen LogP contribution is 2.24. The SMILES string of the molecule is O=C(N/N=C\C=C\c1ccccc1[N+](=O)[O-])c1cc(-c2ccccc2)nc2ccccc12. The van der Waals surface area contributed by atoms with Crippen LogP contribution in [0.5, 0.6) is 0 Å². The zero-order valence-corrected chi connectivity index (χ0v) is 16.9. The molecule has 1 N–H and O–H groups in total. The number of benzene rings is 3. The number of nitro benzene ring substituents is 1. The predicted octanol–water partition coefficient (Wildman–Crippen LogP) is 5.24. The molecule has 1 amide bonds. The Bertz CT molecular complexity index is 1350. The highest BCUT2D eigenvalue weighted by Gasteiger charge is 2.13. The molecule has 0 spiro atoms. The van der Waals surface area contributed by atoms with Crippen LogP contribution in [-0.4, -0.2) is 22.0 Å². The van der Waals surface area contributed by atoms with Crippen molar-refractivity contribution < 1.29 is 9.72 Å². The third-order valence-electron chi connectivity index (χ3n) is 4.77. The molecule has 0 aliphatic carbocycles. The summed E-state index contributed by atoms with van der Waals surface area (Å²) in [4.78, 5) is 28.1. The number of hydrogen-bond acceptors (Lipinski definition) is 5. The molecule has 32 heavy (non-hydrogen) atoms. The van der Waals surface area contributed by atoms with E-state index in [1.165, 1.54) is 18.4 Å². The smallest absolute Gasteiger partial charge is 0.267 e. The Balaban J connectivity index is 1.56. The number of hydrazone groups is 1. The van der Waals surface area contributed by atoms with E-state index < -0.39 is 4.92 Å². The largest absolute Gasteiger partial charge is 0.276 e. The number of nitrogens with zero attached hydrogens (tertiary/aromatic N) is 3. The number of carbonyl (C=O) groups excluding carboxylic acids is 1. The summed E-state index contributed by atoms with van der Waals surface area (Å²) in [6, 6.07) is 25.2. The van der Waals surface area contributed by atoms with Gasteiger partial charge in [0.15, 0.2) is 0 Å². The van der Waals surface area contributed by atoms with Crippen LogP contribution in [-0.2, 0) is 0 Å². The van der Waals surface area contributed by atoms with Gasteiger partial charge in [-0.05, 0) is 30.4 Å². The number of hydrogen-bond donors (Lipinski definition) is 1. The number of carbonyl (C=O) groups is 1. The number of fused-ring (bicyclic) bond motifs is 1. The van der Waals surface area contributed by atoms with Gasteiger partial charge in [0.25, 0.3) is 11.6 Å². The Morgan fingerprint density at radius 2 is 1.69 bits per heavy atom. The fourth-order valence-corrected chi connectivity index (χ4v) is 3.26. The second-order valence-electron chi connectivity index (χ2n) is 6.83. The van der Waals surface area contributed by atoms with Crippen molar-refractivity contribution in [1.29, 1.82) is 0 Å². The molecule has 0 atom stereocenters. The van der Waals surface area contributed by atoms with Gasteiger partial charge < -0.3 is 0 Å². The Kier molecular flexibility index (Phi) is 6.08. The number of amides is 1. The van der Waals surface area contributed by atoms with Gasteiger partial charge >= 0.3 is 0 Å². The number of aromatic nitrogens is 1. The molecule has 4 aromatic rings. The summed E-state index contributed by atoms with van der Waals surface area (Å²) < 4.78 is 0. The first-order valence-corrected chi connectivity index (χ1v) is 9.82. The third-order valence-corrected chi connectivity index (χ3v) is 4.77. The zero-order chi connectivity index (χ0) is 22.3. The topological polar surface area (TPSA) is 97.5 Å². The fraction of sp³-hybridized carbons (Fsp3) is 0. The molecule has 0 aliphatic rings. The van der Waals surface area contributed by atoms with Crippen LogP contribution in [0.3, 0.4) is 0 Å². The molecule has 0 fully saturated rings. The lowest BCUT2D eigenvalue weighted by Gasteiger charge is -2.08. The van der Waals surface area contributed by atoms with E-state index in [1.807, 2.05) is 54.6 Å². The molecule has 7 nitrogen and oxygen atoms in total.